The molecule has 1 saturated heterocycles. The molecular formula is C22H21Cl2N3O3. The van der Waals surface area contributed by atoms with E-state index in [0.29, 0.717) is 45.5 Å². The molecular weight excluding hydrogens is 425 g/mol. The molecule has 1 aromatic heterocycles. The Balaban J connectivity index is 1.61. The number of aromatic nitrogens is 2. The van der Waals surface area contributed by atoms with E-state index < -0.39 is 0 Å². The van der Waals surface area contributed by atoms with Crippen LogP contribution in [0.1, 0.15) is 24.2 Å². The molecule has 1 fully saturated rings. The second-order valence-corrected chi connectivity index (χ2v) is 8.13. The first-order valence-electron chi connectivity index (χ1n) is 9.81. The predicted molar refractivity (Wildman–Crippen MR) is 117 cm³/mol. The van der Waals surface area contributed by atoms with Crippen LogP contribution in [0, 0.1) is 0 Å². The number of fused-ring (bicyclic) bond motifs is 1. The number of hydrogen-bond acceptors (Lipinski definition) is 4. The number of ether oxygens (including phenoxy) is 1. The molecule has 1 aliphatic rings. The fourth-order valence-corrected chi connectivity index (χ4v) is 4.17. The van der Waals surface area contributed by atoms with Gasteiger partial charge in [0.2, 0.25) is 5.91 Å². The van der Waals surface area contributed by atoms with Crippen LogP contribution in [-0.4, -0.2) is 40.0 Å². The van der Waals surface area contributed by atoms with Crippen LogP contribution in [-0.2, 0) is 22.5 Å². The lowest BCUT2D eigenvalue weighted by molar-refractivity contribution is -0.132. The molecule has 1 atom stereocenters. The zero-order chi connectivity index (χ0) is 21.1. The minimum absolute atomic E-state index is 0.0390. The van der Waals surface area contributed by atoms with Crippen LogP contribution in [0.15, 0.2) is 47.3 Å². The van der Waals surface area contributed by atoms with Crippen LogP contribution in [0.4, 0.5) is 0 Å². The molecule has 8 heteroatoms. The third-order valence-corrected chi connectivity index (χ3v) is 5.90. The Morgan fingerprint density at radius 1 is 1.17 bits per heavy atom. The van der Waals surface area contributed by atoms with E-state index in [4.69, 9.17) is 27.9 Å². The van der Waals surface area contributed by atoms with Gasteiger partial charge in [-0.3, -0.25) is 9.59 Å². The molecule has 156 valence electrons. The smallest absolute Gasteiger partial charge is 0.258 e. The predicted octanol–water partition coefficient (Wildman–Crippen LogP) is 3.98. The van der Waals surface area contributed by atoms with Crippen molar-refractivity contribution in [1.82, 2.24) is 14.9 Å². The van der Waals surface area contributed by atoms with E-state index in [9.17, 15) is 9.59 Å². The van der Waals surface area contributed by atoms with E-state index in [0.717, 1.165) is 12.8 Å². The molecule has 2 aromatic carbocycles. The fourth-order valence-electron chi connectivity index (χ4n) is 3.64. The van der Waals surface area contributed by atoms with Gasteiger partial charge in [0.25, 0.3) is 5.56 Å². The first kappa shape index (κ1) is 20.8. The second kappa shape index (κ2) is 9.16. The summed E-state index contributed by atoms with van der Waals surface area (Å²) < 4.78 is 5.72. The summed E-state index contributed by atoms with van der Waals surface area (Å²) in [5, 5.41) is 1.41. The van der Waals surface area contributed by atoms with Gasteiger partial charge in [-0.25, -0.2) is 4.98 Å². The lowest BCUT2D eigenvalue weighted by atomic mass is 10.1. The summed E-state index contributed by atoms with van der Waals surface area (Å²) in [5.74, 6) is 0.270. The summed E-state index contributed by atoms with van der Waals surface area (Å²) in [6.45, 7) is 1.27. The molecule has 0 saturated carbocycles. The van der Waals surface area contributed by atoms with Gasteiger partial charge in [-0.05, 0) is 42.7 Å². The van der Waals surface area contributed by atoms with Crippen LogP contribution in [0.25, 0.3) is 10.9 Å². The number of amides is 1. The van der Waals surface area contributed by atoms with Crippen LogP contribution in [0.3, 0.4) is 0 Å². The van der Waals surface area contributed by atoms with Crippen molar-refractivity contribution in [2.24, 2.45) is 0 Å². The topological polar surface area (TPSA) is 75.3 Å². The zero-order valence-corrected chi connectivity index (χ0v) is 17.7. The number of aromatic amines is 1. The molecule has 1 aliphatic heterocycles. The van der Waals surface area contributed by atoms with Crippen molar-refractivity contribution in [3.8, 4) is 0 Å². The van der Waals surface area contributed by atoms with Gasteiger partial charge in [-0.15, -0.1) is 0 Å². The van der Waals surface area contributed by atoms with Crippen LogP contribution >= 0.6 is 23.2 Å². The van der Waals surface area contributed by atoms with E-state index in [1.807, 2.05) is 6.07 Å². The molecule has 1 amide bonds. The first-order valence-corrected chi connectivity index (χ1v) is 10.6. The maximum atomic E-state index is 13.2. The van der Waals surface area contributed by atoms with Crippen molar-refractivity contribution in [3.05, 3.63) is 74.3 Å². The molecule has 0 radical (unpaired) electrons. The first-order chi connectivity index (χ1) is 14.5. The average molecular weight is 446 g/mol. The Bertz CT molecular complexity index is 1110. The van der Waals surface area contributed by atoms with Gasteiger partial charge in [0.1, 0.15) is 5.82 Å². The highest BCUT2D eigenvalue weighted by atomic mass is 35.5. The van der Waals surface area contributed by atoms with Gasteiger partial charge < -0.3 is 14.6 Å². The molecule has 3 aromatic rings. The Morgan fingerprint density at radius 2 is 1.93 bits per heavy atom. The lowest BCUT2D eigenvalue weighted by Crippen LogP contribution is -2.38. The molecule has 2 heterocycles. The number of carbonyl (C=O) groups is 1. The SMILES string of the molecule is O=C(Cc1c(Cl)cccc1Cl)N(Cc1nc2ccccc2c(=O)[nH]1)C[C@H]1CCCO1. The minimum atomic E-state index is -0.228. The number of nitrogens with one attached hydrogen (secondary N) is 1. The van der Waals surface area contributed by atoms with E-state index in [2.05, 4.69) is 9.97 Å². The largest absolute Gasteiger partial charge is 0.376 e. The Hall–Kier alpha value is -2.41. The van der Waals surface area contributed by atoms with Crippen molar-refractivity contribution in [3.63, 3.8) is 0 Å². The number of carbonyl (C=O) groups excluding carboxylic acids is 1. The molecule has 30 heavy (non-hydrogen) atoms. The van der Waals surface area contributed by atoms with Crippen LogP contribution in [0.5, 0.6) is 0 Å². The maximum absolute atomic E-state index is 13.2. The molecule has 0 aliphatic carbocycles. The second-order valence-electron chi connectivity index (χ2n) is 7.32. The summed E-state index contributed by atoms with van der Waals surface area (Å²) in [6, 6.07) is 12.3. The van der Waals surface area contributed by atoms with Gasteiger partial charge in [-0.2, -0.15) is 0 Å². The number of benzene rings is 2. The average Bonchev–Trinajstić information content (AvgIpc) is 3.23. The molecule has 0 bridgehead atoms. The summed E-state index contributed by atoms with van der Waals surface area (Å²) in [4.78, 5) is 34.6. The van der Waals surface area contributed by atoms with Crippen molar-refractivity contribution in [2.45, 2.75) is 31.9 Å². The van der Waals surface area contributed by atoms with Gasteiger partial charge >= 0.3 is 0 Å². The molecule has 0 spiro atoms. The Morgan fingerprint density at radius 3 is 2.67 bits per heavy atom. The highest BCUT2D eigenvalue weighted by Gasteiger charge is 2.25. The quantitative estimate of drug-likeness (QED) is 0.622. The number of H-pyrrole nitrogens is 1. The summed E-state index contributed by atoms with van der Waals surface area (Å²) in [7, 11) is 0. The number of hydrogen-bond donors (Lipinski definition) is 1. The molecule has 4 rings (SSSR count). The molecule has 0 unspecified atom stereocenters. The molecule has 6 nitrogen and oxygen atoms in total. The third kappa shape index (κ3) is 4.67. The fraction of sp³-hybridized carbons (Fsp3) is 0.318. The normalized spacial score (nSPS) is 16.1. The van der Waals surface area contributed by atoms with Gasteiger partial charge in [-0.1, -0.05) is 41.4 Å². The standard InChI is InChI=1S/C22H21Cl2N3O3/c23-17-7-3-8-18(24)16(17)11-21(28)27(12-14-5-4-10-30-14)13-20-25-19-9-2-1-6-15(19)22(29)26-20/h1-3,6-9,14H,4-5,10-13H2,(H,25,26,29)/t14-/m1/s1. The van der Waals surface area contributed by atoms with E-state index in [-0.39, 0.29) is 30.5 Å². The lowest BCUT2D eigenvalue weighted by Gasteiger charge is -2.25. The Labute approximate surface area is 183 Å². The number of para-hydroxylation sites is 1. The number of nitrogens with zero attached hydrogens (tertiary/aromatic N) is 2. The van der Waals surface area contributed by atoms with Gasteiger partial charge in [0, 0.05) is 23.2 Å². The van der Waals surface area contributed by atoms with E-state index in [1.165, 1.54) is 0 Å². The monoisotopic (exact) mass is 445 g/mol. The number of rotatable bonds is 6. The summed E-state index contributed by atoms with van der Waals surface area (Å²) >= 11 is 12.5. The maximum Gasteiger partial charge on any atom is 0.258 e. The zero-order valence-electron chi connectivity index (χ0n) is 16.2. The van der Waals surface area contributed by atoms with Crippen molar-refractivity contribution in [1.29, 1.82) is 0 Å². The van der Waals surface area contributed by atoms with Crippen LogP contribution < -0.4 is 5.56 Å². The van der Waals surface area contributed by atoms with E-state index >= 15 is 0 Å². The van der Waals surface area contributed by atoms with Gasteiger partial charge in [0.05, 0.1) is 30.0 Å². The highest BCUT2D eigenvalue weighted by molar-refractivity contribution is 6.36. The minimum Gasteiger partial charge on any atom is -0.376 e. The third-order valence-electron chi connectivity index (χ3n) is 5.19. The van der Waals surface area contributed by atoms with E-state index in [1.54, 1.807) is 41.3 Å². The van der Waals surface area contributed by atoms with Crippen molar-refractivity contribution < 1.29 is 9.53 Å². The highest BCUT2D eigenvalue weighted by Crippen LogP contribution is 2.26. The Kier molecular flexibility index (Phi) is 6.37. The summed E-state index contributed by atoms with van der Waals surface area (Å²) in [6.07, 6.45) is 1.87. The molecule has 1 N–H and O–H groups in total. The van der Waals surface area contributed by atoms with Gasteiger partial charge in [0.15, 0.2) is 0 Å². The summed E-state index contributed by atoms with van der Waals surface area (Å²) in [5.41, 5.74) is 0.951. The van der Waals surface area contributed by atoms with Crippen molar-refractivity contribution >= 4 is 40.0 Å². The van der Waals surface area contributed by atoms with Crippen LogP contribution in [0.2, 0.25) is 10.0 Å². The van der Waals surface area contributed by atoms with Crippen molar-refractivity contribution in [2.75, 3.05) is 13.2 Å². The number of halogens is 2.